The molecule has 112 valence electrons. The molecule has 1 aromatic heterocycles. The van der Waals surface area contributed by atoms with Crippen LogP contribution in [0.15, 0.2) is 42.5 Å². The predicted molar refractivity (Wildman–Crippen MR) is 90.3 cm³/mol. The van der Waals surface area contributed by atoms with Gasteiger partial charge in [0.05, 0.1) is 5.69 Å². The maximum absolute atomic E-state index is 11.3. The van der Waals surface area contributed by atoms with E-state index in [2.05, 4.69) is 10.3 Å². The molecule has 1 heterocycles. The number of hydrogen-bond acceptors (Lipinski definition) is 4. The van der Waals surface area contributed by atoms with Gasteiger partial charge in [-0.15, -0.1) is 0 Å². The van der Waals surface area contributed by atoms with Crippen molar-refractivity contribution in [2.75, 3.05) is 5.32 Å². The van der Waals surface area contributed by atoms with Crippen molar-refractivity contribution < 1.29 is 9.90 Å². The minimum absolute atomic E-state index is 0.324. The molecule has 22 heavy (non-hydrogen) atoms. The summed E-state index contributed by atoms with van der Waals surface area (Å²) in [4.78, 5) is 16.1. The Hall–Kier alpha value is -2.40. The number of rotatable bonds is 5. The number of nitrogens with zero attached hydrogens (tertiary/aromatic N) is 1. The number of fused-ring (bicyclic) bond motifs is 1. The van der Waals surface area contributed by atoms with Crippen LogP contribution in [0.25, 0.3) is 10.8 Å². The van der Waals surface area contributed by atoms with Gasteiger partial charge < -0.3 is 10.4 Å². The number of hydrogen-bond donors (Lipinski definition) is 2. The van der Waals surface area contributed by atoms with Crippen LogP contribution in [0.5, 0.6) is 0 Å². The standard InChI is InChI=1S/C17H16N2O2S/c1-2-6-14-15(16(20)21)22-17(19-14)18-13-10-5-8-11-7-3-4-9-12(11)13/h3-5,7-10H,2,6H2,1H3,(H,18,19)(H,20,21). The van der Waals surface area contributed by atoms with Gasteiger partial charge in [-0.25, -0.2) is 9.78 Å². The fourth-order valence-corrected chi connectivity index (χ4v) is 3.29. The van der Waals surface area contributed by atoms with Crippen LogP contribution in [0.3, 0.4) is 0 Å². The second-order valence-electron chi connectivity index (χ2n) is 5.00. The van der Waals surface area contributed by atoms with Crippen molar-refractivity contribution in [2.24, 2.45) is 0 Å². The number of aryl methyl sites for hydroxylation is 1. The Morgan fingerprint density at radius 2 is 2.00 bits per heavy atom. The maximum Gasteiger partial charge on any atom is 0.347 e. The van der Waals surface area contributed by atoms with Crippen LogP contribution in [0, 0.1) is 0 Å². The van der Waals surface area contributed by atoms with Gasteiger partial charge in [-0.3, -0.25) is 0 Å². The Morgan fingerprint density at radius 3 is 2.77 bits per heavy atom. The first-order valence-corrected chi connectivity index (χ1v) is 7.98. The van der Waals surface area contributed by atoms with Crippen molar-refractivity contribution in [3.05, 3.63) is 53.0 Å². The number of aromatic nitrogens is 1. The molecule has 0 unspecified atom stereocenters. The van der Waals surface area contributed by atoms with Crippen LogP contribution in [-0.2, 0) is 6.42 Å². The van der Waals surface area contributed by atoms with E-state index in [-0.39, 0.29) is 0 Å². The summed E-state index contributed by atoms with van der Waals surface area (Å²) in [6.07, 6.45) is 1.55. The smallest absolute Gasteiger partial charge is 0.347 e. The van der Waals surface area contributed by atoms with Crippen molar-refractivity contribution in [3.8, 4) is 0 Å². The van der Waals surface area contributed by atoms with Crippen molar-refractivity contribution in [1.82, 2.24) is 4.98 Å². The lowest BCUT2D eigenvalue weighted by atomic mass is 10.1. The summed E-state index contributed by atoms with van der Waals surface area (Å²) in [6.45, 7) is 2.02. The van der Waals surface area contributed by atoms with Crippen LogP contribution in [0.1, 0.15) is 28.7 Å². The maximum atomic E-state index is 11.3. The monoisotopic (exact) mass is 312 g/mol. The fourth-order valence-electron chi connectivity index (χ4n) is 2.43. The van der Waals surface area contributed by atoms with Crippen LogP contribution in [0.2, 0.25) is 0 Å². The lowest BCUT2D eigenvalue weighted by Gasteiger charge is -2.06. The van der Waals surface area contributed by atoms with Gasteiger partial charge in [0.2, 0.25) is 0 Å². The highest BCUT2D eigenvalue weighted by atomic mass is 32.1. The normalized spacial score (nSPS) is 10.8. The zero-order valence-corrected chi connectivity index (χ0v) is 13.0. The lowest BCUT2D eigenvalue weighted by molar-refractivity contribution is 0.0700. The number of carbonyl (C=O) groups is 1. The largest absolute Gasteiger partial charge is 0.477 e. The molecule has 0 saturated carbocycles. The molecule has 2 aromatic carbocycles. The number of thiazole rings is 1. The van der Waals surface area contributed by atoms with Crippen molar-refractivity contribution in [1.29, 1.82) is 0 Å². The summed E-state index contributed by atoms with van der Waals surface area (Å²) in [6, 6.07) is 14.1. The average Bonchev–Trinajstić information content (AvgIpc) is 2.91. The highest BCUT2D eigenvalue weighted by Gasteiger charge is 2.17. The van der Waals surface area contributed by atoms with Crippen molar-refractivity contribution >= 4 is 38.9 Å². The molecule has 0 amide bonds. The summed E-state index contributed by atoms with van der Waals surface area (Å²) in [5.41, 5.74) is 1.59. The molecule has 3 aromatic rings. The van der Waals surface area contributed by atoms with Gasteiger partial charge in [0.1, 0.15) is 4.88 Å². The molecular weight excluding hydrogens is 296 g/mol. The Labute approximate surface area is 132 Å². The van der Waals surface area contributed by atoms with E-state index in [1.807, 2.05) is 49.4 Å². The van der Waals surface area contributed by atoms with Gasteiger partial charge in [-0.2, -0.15) is 0 Å². The quantitative estimate of drug-likeness (QED) is 0.717. The van der Waals surface area contributed by atoms with Gasteiger partial charge in [-0.05, 0) is 17.9 Å². The number of benzene rings is 2. The van der Waals surface area contributed by atoms with E-state index in [9.17, 15) is 9.90 Å². The summed E-state index contributed by atoms with van der Waals surface area (Å²) >= 11 is 1.19. The van der Waals surface area contributed by atoms with E-state index in [0.29, 0.717) is 22.1 Å². The number of anilines is 2. The molecule has 0 atom stereocenters. The fraction of sp³-hybridized carbons (Fsp3) is 0.176. The third kappa shape index (κ3) is 2.80. The second kappa shape index (κ2) is 6.15. The van der Waals surface area contributed by atoms with Gasteiger partial charge in [0.25, 0.3) is 0 Å². The third-order valence-electron chi connectivity index (χ3n) is 3.41. The minimum atomic E-state index is -0.910. The van der Waals surface area contributed by atoms with E-state index >= 15 is 0 Å². The lowest BCUT2D eigenvalue weighted by Crippen LogP contribution is -1.98. The summed E-state index contributed by atoms with van der Waals surface area (Å²) in [7, 11) is 0. The first-order valence-electron chi connectivity index (χ1n) is 7.17. The molecule has 0 radical (unpaired) electrons. The Bertz CT molecular complexity index is 821. The molecule has 0 aliphatic carbocycles. The SMILES string of the molecule is CCCc1nc(Nc2cccc3ccccc23)sc1C(=O)O. The number of carboxylic acid groups (broad SMARTS) is 1. The van der Waals surface area contributed by atoms with Crippen LogP contribution >= 0.6 is 11.3 Å². The average molecular weight is 312 g/mol. The van der Waals surface area contributed by atoms with E-state index in [4.69, 9.17) is 0 Å². The van der Waals surface area contributed by atoms with Crippen LogP contribution in [-0.4, -0.2) is 16.1 Å². The number of nitrogens with one attached hydrogen (secondary N) is 1. The van der Waals surface area contributed by atoms with E-state index in [1.54, 1.807) is 0 Å². The van der Waals surface area contributed by atoms with Gasteiger partial charge in [0, 0.05) is 11.1 Å². The number of aromatic carboxylic acids is 1. The third-order valence-corrected chi connectivity index (χ3v) is 4.41. The van der Waals surface area contributed by atoms with Gasteiger partial charge in [0.15, 0.2) is 5.13 Å². The molecule has 0 aliphatic rings. The molecular formula is C17H16N2O2S. The Kier molecular flexibility index (Phi) is 4.06. The Morgan fingerprint density at radius 1 is 1.23 bits per heavy atom. The van der Waals surface area contributed by atoms with E-state index < -0.39 is 5.97 Å². The molecule has 0 spiro atoms. The van der Waals surface area contributed by atoms with Gasteiger partial charge >= 0.3 is 5.97 Å². The number of carboxylic acids is 1. The van der Waals surface area contributed by atoms with E-state index in [1.165, 1.54) is 11.3 Å². The molecule has 0 bridgehead atoms. The first kappa shape index (κ1) is 14.5. The Balaban J connectivity index is 1.98. The summed E-state index contributed by atoms with van der Waals surface area (Å²) < 4.78 is 0. The molecule has 0 fully saturated rings. The van der Waals surface area contributed by atoms with Crippen LogP contribution < -0.4 is 5.32 Å². The molecule has 0 aliphatic heterocycles. The van der Waals surface area contributed by atoms with Crippen molar-refractivity contribution in [2.45, 2.75) is 19.8 Å². The molecule has 2 N–H and O–H groups in total. The molecule has 3 rings (SSSR count). The van der Waals surface area contributed by atoms with E-state index in [0.717, 1.165) is 22.9 Å². The zero-order valence-electron chi connectivity index (χ0n) is 12.2. The molecule has 0 saturated heterocycles. The zero-order chi connectivity index (χ0) is 15.5. The predicted octanol–water partition coefficient (Wildman–Crippen LogP) is 4.69. The topological polar surface area (TPSA) is 62.2 Å². The highest BCUT2D eigenvalue weighted by Crippen LogP contribution is 2.30. The highest BCUT2D eigenvalue weighted by molar-refractivity contribution is 7.17. The minimum Gasteiger partial charge on any atom is -0.477 e. The van der Waals surface area contributed by atoms with Gasteiger partial charge in [-0.1, -0.05) is 61.1 Å². The molecule has 4 nitrogen and oxygen atoms in total. The van der Waals surface area contributed by atoms with Crippen LogP contribution in [0.4, 0.5) is 10.8 Å². The molecule has 5 heteroatoms. The summed E-state index contributed by atoms with van der Waals surface area (Å²) in [5, 5.41) is 15.4. The second-order valence-corrected chi connectivity index (χ2v) is 6.00. The van der Waals surface area contributed by atoms with Crippen molar-refractivity contribution in [3.63, 3.8) is 0 Å². The summed E-state index contributed by atoms with van der Waals surface area (Å²) in [5.74, 6) is -0.910. The first-order chi connectivity index (χ1) is 10.7.